The first-order chi connectivity index (χ1) is 18.5. The summed E-state index contributed by atoms with van der Waals surface area (Å²) in [4.78, 5) is 26.3. The molecule has 6 nitrogen and oxygen atoms in total. The summed E-state index contributed by atoms with van der Waals surface area (Å²) in [5.41, 5.74) is 4.29. The molecule has 0 fully saturated rings. The van der Waals surface area contributed by atoms with E-state index in [0.717, 1.165) is 35.1 Å². The van der Waals surface area contributed by atoms with Gasteiger partial charge in [0.1, 0.15) is 0 Å². The lowest BCUT2D eigenvalue weighted by atomic mass is 9.89. The van der Waals surface area contributed by atoms with Crippen molar-refractivity contribution >= 4 is 11.8 Å². The van der Waals surface area contributed by atoms with Crippen molar-refractivity contribution in [1.82, 2.24) is 10.6 Å². The van der Waals surface area contributed by atoms with Gasteiger partial charge < -0.3 is 20.8 Å². The third kappa shape index (κ3) is 7.09. The van der Waals surface area contributed by atoms with Crippen molar-refractivity contribution in [2.45, 2.75) is 63.7 Å². The minimum atomic E-state index is -0.820. The topological polar surface area (TPSA) is 98.7 Å². The Labute approximate surface area is 225 Å². The lowest BCUT2D eigenvalue weighted by Crippen LogP contribution is -2.40. The molecule has 0 heterocycles. The minimum Gasteiger partial charge on any atom is -0.393 e. The maximum absolute atomic E-state index is 13.6. The molecule has 3 aromatic rings. The van der Waals surface area contributed by atoms with E-state index in [-0.39, 0.29) is 24.7 Å². The molecule has 4 rings (SSSR count). The highest BCUT2D eigenvalue weighted by molar-refractivity contribution is 5.95. The number of aliphatic hydroxyl groups excluding tert-OH is 2. The van der Waals surface area contributed by atoms with Gasteiger partial charge in [-0.1, -0.05) is 86.1 Å². The number of rotatable bonds is 12. The molecule has 4 atom stereocenters. The predicted molar refractivity (Wildman–Crippen MR) is 149 cm³/mol. The Bertz CT molecular complexity index is 1210. The number of hydrogen-bond acceptors (Lipinski definition) is 4. The van der Waals surface area contributed by atoms with Gasteiger partial charge >= 0.3 is 0 Å². The largest absolute Gasteiger partial charge is 0.393 e. The smallest absolute Gasteiger partial charge is 0.251 e. The van der Waals surface area contributed by atoms with Gasteiger partial charge in [0.05, 0.1) is 18.2 Å². The summed E-state index contributed by atoms with van der Waals surface area (Å²) in [7, 11) is 0. The predicted octanol–water partition coefficient (Wildman–Crippen LogP) is 4.14. The normalized spacial score (nSPS) is 17.9. The van der Waals surface area contributed by atoms with Crippen molar-refractivity contribution in [2.24, 2.45) is 5.92 Å². The second-order valence-electron chi connectivity index (χ2n) is 10.2. The maximum atomic E-state index is 13.6. The van der Waals surface area contributed by atoms with Gasteiger partial charge in [0.25, 0.3) is 5.91 Å². The first-order valence-electron chi connectivity index (χ1n) is 13.6. The molecule has 2 amide bonds. The summed E-state index contributed by atoms with van der Waals surface area (Å²) in [6.07, 6.45) is 1.87. The summed E-state index contributed by atoms with van der Waals surface area (Å²) >= 11 is 0. The Balaban J connectivity index is 1.48. The summed E-state index contributed by atoms with van der Waals surface area (Å²) in [5.74, 6) is -0.842. The number of benzene rings is 3. The number of hydrogen-bond donors (Lipinski definition) is 4. The number of unbranched alkanes of at least 4 members (excludes halogenated alkanes) is 1. The van der Waals surface area contributed by atoms with Gasteiger partial charge in [-0.25, -0.2) is 0 Å². The van der Waals surface area contributed by atoms with E-state index in [1.54, 1.807) is 6.07 Å². The minimum absolute atomic E-state index is 0.145. The molecule has 38 heavy (non-hydrogen) atoms. The molecule has 1 aliphatic rings. The van der Waals surface area contributed by atoms with Crippen LogP contribution in [0.15, 0.2) is 78.9 Å². The first kappa shape index (κ1) is 27.6. The van der Waals surface area contributed by atoms with Crippen LogP contribution >= 0.6 is 0 Å². The van der Waals surface area contributed by atoms with Gasteiger partial charge in [-0.05, 0) is 54.0 Å². The first-order valence-corrected chi connectivity index (χ1v) is 13.6. The van der Waals surface area contributed by atoms with Crippen LogP contribution in [0.4, 0.5) is 0 Å². The molecule has 0 aromatic heterocycles. The maximum Gasteiger partial charge on any atom is 0.251 e. The van der Waals surface area contributed by atoms with Crippen molar-refractivity contribution in [3.8, 4) is 0 Å². The number of nitrogens with one attached hydrogen (secondary N) is 2. The quantitative estimate of drug-likeness (QED) is 0.273. The van der Waals surface area contributed by atoms with E-state index in [2.05, 4.69) is 17.6 Å². The van der Waals surface area contributed by atoms with Gasteiger partial charge in [0.15, 0.2) is 0 Å². The van der Waals surface area contributed by atoms with E-state index in [9.17, 15) is 19.8 Å². The van der Waals surface area contributed by atoms with Crippen LogP contribution in [-0.4, -0.2) is 40.8 Å². The van der Waals surface area contributed by atoms with E-state index >= 15 is 0 Å². The molecule has 0 bridgehead atoms. The van der Waals surface area contributed by atoms with Crippen molar-refractivity contribution in [1.29, 1.82) is 0 Å². The SMILES string of the molecule is CCCCNC(=O)c1ccccc1C[C@H](O)C[C@@H](Cc1ccccc1)C(=O)N[C@H]1c2ccccc2C[C@H]1O. The Morgan fingerprint density at radius 2 is 1.66 bits per heavy atom. The van der Waals surface area contributed by atoms with Crippen LogP contribution in [0.2, 0.25) is 0 Å². The third-order valence-electron chi connectivity index (χ3n) is 7.29. The fourth-order valence-corrected chi connectivity index (χ4v) is 5.26. The fourth-order valence-electron chi connectivity index (χ4n) is 5.26. The van der Waals surface area contributed by atoms with E-state index in [0.29, 0.717) is 24.9 Å². The highest BCUT2D eigenvalue weighted by Crippen LogP contribution is 2.32. The number of fused-ring (bicyclic) bond motifs is 1. The lowest BCUT2D eigenvalue weighted by Gasteiger charge is -2.25. The second-order valence-corrected chi connectivity index (χ2v) is 10.2. The number of carbonyl (C=O) groups is 2. The highest BCUT2D eigenvalue weighted by atomic mass is 16.3. The van der Waals surface area contributed by atoms with Crippen molar-refractivity contribution in [3.05, 3.63) is 107 Å². The molecule has 4 N–H and O–H groups in total. The number of carbonyl (C=O) groups excluding carboxylic acids is 2. The molecule has 0 spiro atoms. The van der Waals surface area contributed by atoms with Gasteiger partial charge in [-0.3, -0.25) is 9.59 Å². The van der Waals surface area contributed by atoms with E-state index < -0.39 is 24.2 Å². The Hall–Kier alpha value is -3.48. The molecule has 0 unspecified atom stereocenters. The molecule has 0 radical (unpaired) electrons. The van der Waals surface area contributed by atoms with Gasteiger partial charge in [-0.2, -0.15) is 0 Å². The summed E-state index contributed by atoms with van der Waals surface area (Å²) in [6, 6.07) is 24.4. The van der Waals surface area contributed by atoms with Gasteiger partial charge in [0, 0.05) is 24.4 Å². The van der Waals surface area contributed by atoms with Crippen LogP contribution in [0.5, 0.6) is 0 Å². The van der Waals surface area contributed by atoms with Crippen LogP contribution in [0.3, 0.4) is 0 Å². The second kappa shape index (κ2) is 13.4. The van der Waals surface area contributed by atoms with Crippen LogP contribution in [-0.2, 0) is 24.1 Å². The van der Waals surface area contributed by atoms with Crippen LogP contribution < -0.4 is 10.6 Å². The Morgan fingerprint density at radius 1 is 0.947 bits per heavy atom. The van der Waals surface area contributed by atoms with E-state index in [1.807, 2.05) is 72.8 Å². The van der Waals surface area contributed by atoms with Gasteiger partial charge in [-0.15, -0.1) is 0 Å². The fraction of sp³-hybridized carbons (Fsp3) is 0.375. The Kier molecular flexibility index (Phi) is 9.68. The van der Waals surface area contributed by atoms with E-state index in [4.69, 9.17) is 0 Å². The molecule has 0 saturated heterocycles. The molecule has 0 saturated carbocycles. The van der Waals surface area contributed by atoms with Gasteiger partial charge in [0.2, 0.25) is 5.91 Å². The monoisotopic (exact) mass is 514 g/mol. The standard InChI is InChI=1S/C32H38N2O4/c1-2-3-17-33-32(38)28-16-10-8-13-23(28)19-26(35)20-25(18-22-11-5-4-6-12-22)31(37)34-30-27-15-9-7-14-24(27)21-29(30)36/h4-16,25-26,29-30,35-36H,2-3,17-21H2,1H3,(H,33,38)(H,34,37)/t25-,26+,29-,30+/m1/s1. The van der Waals surface area contributed by atoms with Crippen molar-refractivity contribution in [2.75, 3.05) is 6.54 Å². The summed E-state index contributed by atoms with van der Waals surface area (Å²) < 4.78 is 0. The van der Waals surface area contributed by atoms with Crippen LogP contribution in [0.25, 0.3) is 0 Å². The molecule has 3 aromatic carbocycles. The average molecular weight is 515 g/mol. The zero-order valence-electron chi connectivity index (χ0n) is 22.0. The molecular formula is C32H38N2O4. The van der Waals surface area contributed by atoms with E-state index in [1.165, 1.54) is 0 Å². The van der Waals surface area contributed by atoms with Crippen LogP contribution in [0.1, 0.15) is 64.8 Å². The molecule has 1 aliphatic carbocycles. The van der Waals surface area contributed by atoms with Crippen LogP contribution in [0, 0.1) is 5.92 Å². The number of amides is 2. The summed E-state index contributed by atoms with van der Waals surface area (Å²) in [6.45, 7) is 2.69. The summed E-state index contributed by atoms with van der Waals surface area (Å²) in [5, 5.41) is 27.8. The van der Waals surface area contributed by atoms with Crippen molar-refractivity contribution in [3.63, 3.8) is 0 Å². The molecular weight excluding hydrogens is 476 g/mol. The molecule has 0 aliphatic heterocycles. The molecule has 6 heteroatoms. The van der Waals surface area contributed by atoms with Crippen molar-refractivity contribution < 1.29 is 19.8 Å². The average Bonchev–Trinajstić information content (AvgIpc) is 3.24. The lowest BCUT2D eigenvalue weighted by molar-refractivity contribution is -0.127. The number of aliphatic hydroxyl groups is 2. The zero-order chi connectivity index (χ0) is 26.9. The zero-order valence-corrected chi connectivity index (χ0v) is 22.0. The Morgan fingerprint density at radius 3 is 2.45 bits per heavy atom. The highest BCUT2D eigenvalue weighted by Gasteiger charge is 2.34. The third-order valence-corrected chi connectivity index (χ3v) is 7.29. The molecule has 200 valence electrons.